The van der Waals surface area contributed by atoms with Gasteiger partial charge in [0.05, 0.1) is 5.54 Å². The number of rotatable bonds is 7. The van der Waals surface area contributed by atoms with E-state index in [1.165, 1.54) is 11.5 Å². The Morgan fingerprint density at radius 2 is 2.39 bits per heavy atom. The zero-order valence-electron chi connectivity index (χ0n) is 10.6. The van der Waals surface area contributed by atoms with E-state index >= 15 is 0 Å². The van der Waals surface area contributed by atoms with E-state index in [9.17, 15) is 4.79 Å². The number of carbonyl (C=O) groups is 1. The Morgan fingerprint density at radius 3 is 2.89 bits per heavy atom. The summed E-state index contributed by atoms with van der Waals surface area (Å²) in [6.45, 7) is 3.77. The van der Waals surface area contributed by atoms with Crippen molar-refractivity contribution in [2.75, 3.05) is 5.75 Å². The third-order valence-corrected chi connectivity index (χ3v) is 4.91. The van der Waals surface area contributed by atoms with Gasteiger partial charge in [0.1, 0.15) is 5.82 Å². The second kappa shape index (κ2) is 5.54. The van der Waals surface area contributed by atoms with Crippen molar-refractivity contribution in [1.82, 2.24) is 14.7 Å². The largest absolute Gasteiger partial charge is 0.368 e. The molecule has 1 fully saturated rings. The Bertz CT molecular complexity index is 432. The van der Waals surface area contributed by atoms with Crippen LogP contribution in [-0.2, 0) is 4.79 Å². The van der Waals surface area contributed by atoms with Crippen LogP contribution in [0.15, 0.2) is 4.34 Å². The summed E-state index contributed by atoms with van der Waals surface area (Å²) in [6, 6.07) is 0.469. The zero-order chi connectivity index (χ0) is 13.2. The van der Waals surface area contributed by atoms with Crippen molar-refractivity contribution >= 4 is 29.2 Å². The van der Waals surface area contributed by atoms with Gasteiger partial charge in [0.25, 0.3) is 0 Å². The molecule has 1 aromatic rings. The van der Waals surface area contributed by atoms with Crippen molar-refractivity contribution < 1.29 is 4.79 Å². The molecule has 0 bridgehead atoms. The Hall–Kier alpha value is -0.660. The molecule has 5 nitrogen and oxygen atoms in total. The molecule has 1 amide bonds. The first-order valence-corrected chi connectivity index (χ1v) is 7.76. The molecule has 18 heavy (non-hydrogen) atoms. The van der Waals surface area contributed by atoms with Gasteiger partial charge < -0.3 is 11.1 Å². The van der Waals surface area contributed by atoms with E-state index in [1.54, 1.807) is 11.8 Å². The van der Waals surface area contributed by atoms with Gasteiger partial charge in [-0.25, -0.2) is 4.98 Å². The molecule has 1 atom stereocenters. The van der Waals surface area contributed by atoms with E-state index in [0.29, 0.717) is 12.5 Å². The van der Waals surface area contributed by atoms with Crippen LogP contribution in [0, 0.1) is 6.92 Å². The van der Waals surface area contributed by atoms with E-state index in [2.05, 4.69) is 14.7 Å². The predicted octanol–water partition coefficient (Wildman–Crippen LogP) is 1.32. The van der Waals surface area contributed by atoms with Crippen LogP contribution in [-0.4, -0.2) is 32.6 Å². The average Bonchev–Trinajstić information content (AvgIpc) is 3.00. The van der Waals surface area contributed by atoms with E-state index in [0.717, 1.165) is 28.8 Å². The Balaban J connectivity index is 1.83. The van der Waals surface area contributed by atoms with Crippen molar-refractivity contribution in [3.63, 3.8) is 0 Å². The molecule has 1 heterocycles. The SMILES string of the molecule is Cc1nsc(SCCC(C)(NC2CC2)C(N)=O)n1. The van der Waals surface area contributed by atoms with Crippen molar-refractivity contribution in [3.05, 3.63) is 5.82 Å². The van der Waals surface area contributed by atoms with Gasteiger partial charge in [0.15, 0.2) is 4.34 Å². The Labute approximate surface area is 115 Å². The van der Waals surface area contributed by atoms with E-state index in [-0.39, 0.29) is 5.91 Å². The van der Waals surface area contributed by atoms with Crippen LogP contribution in [0.1, 0.15) is 32.0 Å². The Morgan fingerprint density at radius 1 is 1.67 bits per heavy atom. The second-order valence-electron chi connectivity index (χ2n) is 4.82. The van der Waals surface area contributed by atoms with Gasteiger partial charge in [-0.3, -0.25) is 4.79 Å². The Kier molecular flexibility index (Phi) is 4.24. The van der Waals surface area contributed by atoms with Crippen LogP contribution in [0.3, 0.4) is 0 Å². The molecule has 1 unspecified atom stereocenters. The third-order valence-electron chi connectivity index (χ3n) is 2.98. The van der Waals surface area contributed by atoms with Gasteiger partial charge in [0.2, 0.25) is 5.91 Å². The highest BCUT2D eigenvalue weighted by Gasteiger charge is 2.36. The number of nitrogens with two attached hydrogens (primary N) is 1. The summed E-state index contributed by atoms with van der Waals surface area (Å²) in [7, 11) is 0. The molecule has 7 heteroatoms. The minimum atomic E-state index is -0.603. The van der Waals surface area contributed by atoms with Crippen LogP contribution < -0.4 is 11.1 Å². The highest BCUT2D eigenvalue weighted by Crippen LogP contribution is 2.27. The van der Waals surface area contributed by atoms with Crippen LogP contribution in [0.25, 0.3) is 0 Å². The van der Waals surface area contributed by atoms with Gasteiger partial charge in [-0.05, 0) is 44.6 Å². The normalized spacial score (nSPS) is 18.6. The number of nitrogens with zero attached hydrogens (tertiary/aromatic N) is 2. The van der Waals surface area contributed by atoms with E-state index in [1.807, 2.05) is 13.8 Å². The summed E-state index contributed by atoms with van der Waals surface area (Å²) >= 11 is 3.03. The molecule has 2 rings (SSSR count). The fourth-order valence-corrected chi connectivity index (χ4v) is 3.50. The molecular formula is C11H18N4OS2. The number of hydrogen-bond donors (Lipinski definition) is 2. The maximum atomic E-state index is 11.6. The first kappa shape index (κ1) is 13.8. The monoisotopic (exact) mass is 286 g/mol. The van der Waals surface area contributed by atoms with Crippen LogP contribution in [0.5, 0.6) is 0 Å². The maximum absolute atomic E-state index is 11.6. The molecule has 1 aliphatic rings. The lowest BCUT2D eigenvalue weighted by Gasteiger charge is -2.27. The highest BCUT2D eigenvalue weighted by molar-refractivity contribution is 8.00. The van der Waals surface area contributed by atoms with Crippen molar-refractivity contribution in [2.24, 2.45) is 5.73 Å². The molecule has 0 radical (unpaired) electrons. The molecule has 0 spiro atoms. The second-order valence-corrected chi connectivity index (χ2v) is 6.91. The van der Waals surface area contributed by atoms with Gasteiger partial charge in [-0.2, -0.15) is 4.37 Å². The summed E-state index contributed by atoms with van der Waals surface area (Å²) in [5.41, 5.74) is 4.89. The number of aryl methyl sites for hydroxylation is 1. The highest BCUT2D eigenvalue weighted by atomic mass is 32.2. The van der Waals surface area contributed by atoms with E-state index < -0.39 is 5.54 Å². The summed E-state index contributed by atoms with van der Waals surface area (Å²) < 4.78 is 5.08. The number of nitrogens with one attached hydrogen (secondary N) is 1. The molecule has 0 aliphatic heterocycles. The molecule has 100 valence electrons. The summed E-state index contributed by atoms with van der Waals surface area (Å²) in [5, 5.41) is 3.34. The summed E-state index contributed by atoms with van der Waals surface area (Å²) in [6.07, 6.45) is 3.00. The van der Waals surface area contributed by atoms with Gasteiger partial charge >= 0.3 is 0 Å². The standard InChI is InChI=1S/C11H18N4OS2/c1-7-13-10(18-15-7)17-6-5-11(2,9(12)16)14-8-3-4-8/h8,14H,3-6H2,1-2H3,(H2,12,16). The minimum absolute atomic E-state index is 0.275. The lowest BCUT2D eigenvalue weighted by Crippen LogP contribution is -2.54. The molecule has 3 N–H and O–H groups in total. The molecule has 1 saturated carbocycles. The molecule has 1 aliphatic carbocycles. The quantitative estimate of drug-likeness (QED) is 0.739. The van der Waals surface area contributed by atoms with Crippen LogP contribution in [0.4, 0.5) is 0 Å². The zero-order valence-corrected chi connectivity index (χ0v) is 12.2. The fourth-order valence-electron chi connectivity index (χ4n) is 1.62. The minimum Gasteiger partial charge on any atom is -0.368 e. The molecule has 0 aromatic carbocycles. The van der Waals surface area contributed by atoms with Crippen molar-refractivity contribution in [1.29, 1.82) is 0 Å². The predicted molar refractivity (Wildman–Crippen MR) is 73.7 cm³/mol. The van der Waals surface area contributed by atoms with Gasteiger partial charge in [0, 0.05) is 11.8 Å². The number of aromatic nitrogens is 2. The number of primary amides is 1. The maximum Gasteiger partial charge on any atom is 0.237 e. The number of thioether (sulfide) groups is 1. The molecule has 0 saturated heterocycles. The lowest BCUT2D eigenvalue weighted by atomic mass is 9.98. The lowest BCUT2D eigenvalue weighted by molar-refractivity contribution is -0.124. The van der Waals surface area contributed by atoms with Gasteiger partial charge in [-0.15, -0.1) is 0 Å². The molecular weight excluding hydrogens is 268 g/mol. The van der Waals surface area contributed by atoms with Crippen LogP contribution in [0.2, 0.25) is 0 Å². The van der Waals surface area contributed by atoms with Crippen molar-refractivity contribution in [2.45, 2.75) is 49.0 Å². The smallest absolute Gasteiger partial charge is 0.237 e. The summed E-state index contributed by atoms with van der Waals surface area (Å²) in [4.78, 5) is 15.8. The number of amides is 1. The number of hydrogen-bond acceptors (Lipinski definition) is 6. The van der Waals surface area contributed by atoms with Crippen molar-refractivity contribution in [3.8, 4) is 0 Å². The summed E-state index contributed by atoms with van der Waals surface area (Å²) in [5.74, 6) is 1.34. The van der Waals surface area contributed by atoms with E-state index in [4.69, 9.17) is 5.73 Å². The van der Waals surface area contributed by atoms with Gasteiger partial charge in [-0.1, -0.05) is 11.8 Å². The first-order valence-electron chi connectivity index (χ1n) is 6.00. The van der Waals surface area contributed by atoms with Crippen LogP contribution >= 0.6 is 23.3 Å². The molecule has 1 aromatic heterocycles. The third kappa shape index (κ3) is 3.66. The number of carbonyl (C=O) groups excluding carboxylic acids is 1. The topological polar surface area (TPSA) is 80.9 Å². The fraction of sp³-hybridized carbons (Fsp3) is 0.727. The average molecular weight is 286 g/mol. The first-order chi connectivity index (χ1) is 8.49.